The minimum absolute atomic E-state index is 0.141. The van der Waals surface area contributed by atoms with Gasteiger partial charge in [-0.1, -0.05) is 6.07 Å². The Balaban J connectivity index is 1.77. The van der Waals surface area contributed by atoms with Crippen molar-refractivity contribution in [3.63, 3.8) is 0 Å². The van der Waals surface area contributed by atoms with Crippen LogP contribution in [0, 0.1) is 15.9 Å². The van der Waals surface area contributed by atoms with E-state index in [1.165, 1.54) is 35.7 Å². The SMILES string of the molecule is COc1ccc(S(=O)(=O)N2CCN(c3cccc(F)c3[N+](=O)[O-])CC2)cc1. The first-order valence-electron chi connectivity index (χ1n) is 8.16. The molecule has 0 spiro atoms. The van der Waals surface area contributed by atoms with Crippen LogP contribution in [-0.4, -0.2) is 50.9 Å². The van der Waals surface area contributed by atoms with Crippen LogP contribution in [0.5, 0.6) is 5.75 Å². The third kappa shape index (κ3) is 3.71. The second-order valence-electron chi connectivity index (χ2n) is 5.93. The summed E-state index contributed by atoms with van der Waals surface area (Å²) in [5.74, 6) is -0.358. The number of piperazine rings is 1. The fourth-order valence-corrected chi connectivity index (χ4v) is 4.43. The van der Waals surface area contributed by atoms with E-state index >= 15 is 0 Å². The Morgan fingerprint density at radius 1 is 1.07 bits per heavy atom. The van der Waals surface area contributed by atoms with Crippen LogP contribution in [0.2, 0.25) is 0 Å². The van der Waals surface area contributed by atoms with E-state index in [9.17, 15) is 22.9 Å². The van der Waals surface area contributed by atoms with Gasteiger partial charge in [-0.2, -0.15) is 8.70 Å². The summed E-state index contributed by atoms with van der Waals surface area (Å²) in [6, 6.07) is 9.98. The van der Waals surface area contributed by atoms with Crippen molar-refractivity contribution in [1.29, 1.82) is 0 Å². The molecule has 0 aromatic heterocycles. The Hall–Kier alpha value is -2.72. The molecule has 0 N–H and O–H groups in total. The Morgan fingerprint density at radius 2 is 1.70 bits per heavy atom. The number of benzene rings is 2. The monoisotopic (exact) mass is 395 g/mol. The van der Waals surface area contributed by atoms with Gasteiger partial charge in [-0.15, -0.1) is 0 Å². The van der Waals surface area contributed by atoms with Gasteiger partial charge < -0.3 is 9.64 Å². The highest BCUT2D eigenvalue weighted by atomic mass is 32.2. The zero-order valence-corrected chi connectivity index (χ0v) is 15.4. The zero-order valence-electron chi connectivity index (χ0n) is 14.5. The van der Waals surface area contributed by atoms with E-state index in [2.05, 4.69) is 0 Å². The summed E-state index contributed by atoms with van der Waals surface area (Å²) in [4.78, 5) is 12.2. The maximum absolute atomic E-state index is 13.8. The van der Waals surface area contributed by atoms with Crippen molar-refractivity contribution >= 4 is 21.4 Å². The molecular formula is C17H18FN3O5S. The van der Waals surface area contributed by atoms with Gasteiger partial charge in [0, 0.05) is 26.2 Å². The topological polar surface area (TPSA) is 93.0 Å². The molecule has 0 aliphatic carbocycles. The van der Waals surface area contributed by atoms with Crippen LogP contribution in [0.1, 0.15) is 0 Å². The molecule has 3 rings (SSSR count). The first kappa shape index (κ1) is 19.1. The average Bonchev–Trinajstić information content (AvgIpc) is 2.67. The standard InChI is InChI=1S/C17H18FN3O5S/c1-26-13-5-7-14(8-6-13)27(24,25)20-11-9-19(10-12-20)16-4-2-3-15(18)17(16)21(22)23/h2-8H,9-12H2,1H3. The summed E-state index contributed by atoms with van der Waals surface area (Å²) in [5, 5.41) is 11.2. The Morgan fingerprint density at radius 3 is 2.26 bits per heavy atom. The number of nitrogens with zero attached hydrogens (tertiary/aromatic N) is 3. The van der Waals surface area contributed by atoms with Crippen molar-refractivity contribution < 1.29 is 22.5 Å². The smallest absolute Gasteiger partial charge is 0.327 e. The van der Waals surface area contributed by atoms with Gasteiger partial charge in [0.15, 0.2) is 0 Å². The van der Waals surface area contributed by atoms with E-state index in [4.69, 9.17) is 4.74 Å². The molecule has 0 bridgehead atoms. The second-order valence-corrected chi connectivity index (χ2v) is 7.87. The van der Waals surface area contributed by atoms with Crippen molar-refractivity contribution in [2.75, 3.05) is 38.2 Å². The molecule has 1 saturated heterocycles. The third-order valence-electron chi connectivity index (χ3n) is 4.42. The highest BCUT2D eigenvalue weighted by Gasteiger charge is 2.31. The Kier molecular flexibility index (Phi) is 5.29. The number of hydrogen-bond donors (Lipinski definition) is 0. The number of halogens is 1. The van der Waals surface area contributed by atoms with Gasteiger partial charge in [-0.25, -0.2) is 8.42 Å². The first-order chi connectivity index (χ1) is 12.8. The number of para-hydroxylation sites is 1. The second kappa shape index (κ2) is 7.49. The van der Waals surface area contributed by atoms with Crippen LogP contribution >= 0.6 is 0 Å². The molecule has 0 amide bonds. The molecule has 0 atom stereocenters. The average molecular weight is 395 g/mol. The molecule has 27 heavy (non-hydrogen) atoms. The Bertz CT molecular complexity index is 942. The van der Waals surface area contributed by atoms with Crippen LogP contribution in [-0.2, 0) is 10.0 Å². The molecule has 144 valence electrons. The molecule has 2 aromatic rings. The van der Waals surface area contributed by atoms with Gasteiger partial charge in [0.25, 0.3) is 0 Å². The van der Waals surface area contributed by atoms with E-state index in [-0.39, 0.29) is 36.8 Å². The molecule has 1 aliphatic rings. The number of nitro groups is 1. The molecule has 0 saturated carbocycles. The molecular weight excluding hydrogens is 377 g/mol. The number of rotatable bonds is 5. The van der Waals surface area contributed by atoms with Crippen LogP contribution in [0.15, 0.2) is 47.4 Å². The van der Waals surface area contributed by atoms with Gasteiger partial charge in [0.05, 0.1) is 16.9 Å². The molecule has 0 radical (unpaired) electrons. The van der Waals surface area contributed by atoms with Gasteiger partial charge >= 0.3 is 5.69 Å². The minimum Gasteiger partial charge on any atom is -0.497 e. The lowest BCUT2D eigenvalue weighted by atomic mass is 10.2. The minimum atomic E-state index is -3.68. The summed E-state index contributed by atoms with van der Waals surface area (Å²) >= 11 is 0. The molecule has 1 heterocycles. The maximum atomic E-state index is 13.8. The van der Waals surface area contributed by atoms with E-state index in [1.54, 1.807) is 17.0 Å². The number of methoxy groups -OCH3 is 1. The summed E-state index contributed by atoms with van der Waals surface area (Å²) in [5.41, 5.74) is -0.439. The van der Waals surface area contributed by atoms with Crippen molar-refractivity contribution in [2.24, 2.45) is 0 Å². The van der Waals surface area contributed by atoms with Crippen LogP contribution in [0.25, 0.3) is 0 Å². The fourth-order valence-electron chi connectivity index (χ4n) is 3.01. The number of nitro benzene ring substituents is 1. The number of hydrogen-bond acceptors (Lipinski definition) is 6. The first-order valence-corrected chi connectivity index (χ1v) is 9.60. The van der Waals surface area contributed by atoms with Gasteiger partial charge in [-0.3, -0.25) is 10.1 Å². The number of anilines is 1. The van der Waals surface area contributed by atoms with E-state index in [0.717, 1.165) is 6.07 Å². The van der Waals surface area contributed by atoms with Crippen LogP contribution in [0.3, 0.4) is 0 Å². The molecule has 1 fully saturated rings. The highest BCUT2D eigenvalue weighted by Crippen LogP contribution is 2.32. The number of sulfonamides is 1. The lowest BCUT2D eigenvalue weighted by molar-refractivity contribution is -0.386. The normalized spacial score (nSPS) is 15.6. The van der Waals surface area contributed by atoms with E-state index < -0.39 is 26.5 Å². The van der Waals surface area contributed by atoms with Gasteiger partial charge in [-0.05, 0) is 36.4 Å². The summed E-state index contributed by atoms with van der Waals surface area (Å²) in [7, 11) is -2.19. The number of ether oxygens (including phenoxy) is 1. The lowest BCUT2D eigenvalue weighted by Crippen LogP contribution is -2.48. The zero-order chi connectivity index (χ0) is 19.6. The van der Waals surface area contributed by atoms with Crippen molar-refractivity contribution in [2.45, 2.75) is 4.90 Å². The largest absolute Gasteiger partial charge is 0.497 e. The quantitative estimate of drug-likeness (QED) is 0.569. The molecule has 8 nitrogen and oxygen atoms in total. The summed E-state index contributed by atoms with van der Waals surface area (Å²) in [6.07, 6.45) is 0. The van der Waals surface area contributed by atoms with Crippen LogP contribution in [0.4, 0.5) is 15.8 Å². The third-order valence-corrected chi connectivity index (χ3v) is 6.34. The molecule has 0 unspecified atom stereocenters. The van der Waals surface area contributed by atoms with Crippen molar-refractivity contribution in [3.05, 3.63) is 58.4 Å². The summed E-state index contributed by atoms with van der Waals surface area (Å²) in [6.45, 7) is 0.726. The highest BCUT2D eigenvalue weighted by molar-refractivity contribution is 7.89. The molecule has 1 aliphatic heterocycles. The lowest BCUT2D eigenvalue weighted by Gasteiger charge is -2.35. The predicted molar refractivity (Wildman–Crippen MR) is 97.0 cm³/mol. The summed E-state index contributed by atoms with van der Waals surface area (Å²) < 4.78 is 45.7. The molecule has 2 aromatic carbocycles. The van der Waals surface area contributed by atoms with E-state index in [1.807, 2.05) is 0 Å². The van der Waals surface area contributed by atoms with Crippen molar-refractivity contribution in [3.8, 4) is 5.75 Å². The van der Waals surface area contributed by atoms with Crippen molar-refractivity contribution in [1.82, 2.24) is 4.31 Å². The van der Waals surface area contributed by atoms with Gasteiger partial charge in [0.1, 0.15) is 11.4 Å². The Labute approximate surface area is 156 Å². The van der Waals surface area contributed by atoms with Crippen LogP contribution < -0.4 is 9.64 Å². The van der Waals surface area contributed by atoms with Gasteiger partial charge in [0.2, 0.25) is 15.8 Å². The fraction of sp³-hybridized carbons (Fsp3) is 0.294. The predicted octanol–water partition coefficient (Wildman–Crippen LogP) is 2.25. The van der Waals surface area contributed by atoms with E-state index in [0.29, 0.717) is 5.75 Å². The maximum Gasteiger partial charge on any atom is 0.327 e. The molecule has 10 heteroatoms.